The molecule has 3 N–H and O–H groups in total. The summed E-state index contributed by atoms with van der Waals surface area (Å²) >= 11 is 0. The van der Waals surface area contributed by atoms with E-state index in [1.165, 1.54) is 11.6 Å². The summed E-state index contributed by atoms with van der Waals surface area (Å²) in [5, 5.41) is 6.30. The highest BCUT2D eigenvalue weighted by molar-refractivity contribution is 7.89. The second-order valence-electron chi connectivity index (χ2n) is 9.11. The summed E-state index contributed by atoms with van der Waals surface area (Å²) in [5.41, 5.74) is 4.92. The number of anilines is 2. The maximum absolute atomic E-state index is 13.2. The molecule has 35 heavy (non-hydrogen) atoms. The molecule has 0 radical (unpaired) electrons. The molecule has 3 aromatic carbocycles. The molecule has 0 spiro atoms. The van der Waals surface area contributed by atoms with Crippen molar-refractivity contribution in [3.05, 3.63) is 89.5 Å². The van der Waals surface area contributed by atoms with E-state index in [0.717, 1.165) is 17.8 Å². The van der Waals surface area contributed by atoms with Gasteiger partial charge in [-0.2, -0.15) is 0 Å². The number of sulfonamides is 1. The van der Waals surface area contributed by atoms with Crippen LogP contribution in [0.2, 0.25) is 0 Å². The fourth-order valence-electron chi connectivity index (χ4n) is 4.03. The smallest absolute Gasteiger partial charge is 0.258 e. The molecule has 0 saturated carbocycles. The first-order chi connectivity index (χ1) is 16.6. The van der Waals surface area contributed by atoms with Crippen molar-refractivity contribution in [3.8, 4) is 0 Å². The van der Waals surface area contributed by atoms with E-state index in [4.69, 9.17) is 0 Å². The molecule has 1 aliphatic rings. The van der Waals surface area contributed by atoms with Crippen molar-refractivity contribution < 1.29 is 13.2 Å². The molecule has 1 amide bonds. The van der Waals surface area contributed by atoms with E-state index in [1.807, 2.05) is 68.7 Å². The second-order valence-corrected chi connectivity index (χ2v) is 10.8. The zero-order chi connectivity index (χ0) is 25.2. The number of rotatable bonds is 8. The number of nitrogens with one attached hydrogen (secondary N) is 3. The Bertz CT molecular complexity index is 1360. The Labute approximate surface area is 206 Å². The summed E-state index contributed by atoms with van der Waals surface area (Å²) in [7, 11) is 0.316. The number of hydrogen-bond donors (Lipinski definition) is 3. The molecule has 7 nitrogen and oxygen atoms in total. The molecule has 0 bridgehead atoms. The van der Waals surface area contributed by atoms with Gasteiger partial charge in [-0.15, -0.1) is 0 Å². The molecule has 3 aromatic rings. The van der Waals surface area contributed by atoms with Crippen molar-refractivity contribution in [1.29, 1.82) is 0 Å². The van der Waals surface area contributed by atoms with E-state index in [1.54, 1.807) is 26.0 Å². The van der Waals surface area contributed by atoms with Gasteiger partial charge < -0.3 is 15.5 Å². The molecule has 0 aromatic heterocycles. The minimum absolute atomic E-state index is 0.111. The minimum Gasteiger partial charge on any atom is -0.354 e. The van der Waals surface area contributed by atoms with Crippen molar-refractivity contribution in [3.63, 3.8) is 0 Å². The Hall–Kier alpha value is -3.46. The minimum atomic E-state index is -3.72. The lowest BCUT2D eigenvalue weighted by molar-refractivity contribution is -0.110. The van der Waals surface area contributed by atoms with Crippen molar-refractivity contribution in [2.75, 3.05) is 24.7 Å². The van der Waals surface area contributed by atoms with Crippen molar-refractivity contribution in [2.45, 2.75) is 31.3 Å². The van der Waals surface area contributed by atoms with Crippen LogP contribution in [0.15, 0.2) is 77.7 Å². The summed E-state index contributed by atoms with van der Waals surface area (Å²) in [6.45, 7) is 4.36. The van der Waals surface area contributed by atoms with Gasteiger partial charge in [-0.3, -0.25) is 4.79 Å². The first-order valence-electron chi connectivity index (χ1n) is 11.4. The highest BCUT2D eigenvalue weighted by atomic mass is 32.2. The van der Waals surface area contributed by atoms with E-state index in [-0.39, 0.29) is 16.8 Å². The summed E-state index contributed by atoms with van der Waals surface area (Å²) < 4.78 is 28.2. The number of amides is 1. The lowest BCUT2D eigenvalue weighted by Crippen LogP contribution is -2.30. The third-order valence-corrected chi connectivity index (χ3v) is 7.13. The van der Waals surface area contributed by atoms with Gasteiger partial charge in [0.15, 0.2) is 0 Å². The summed E-state index contributed by atoms with van der Waals surface area (Å²) in [5.74, 6) is -0.290. The molecular weight excluding hydrogens is 460 g/mol. The Morgan fingerprint density at radius 2 is 1.66 bits per heavy atom. The number of hydrogen-bond acceptors (Lipinski definition) is 5. The fourth-order valence-corrected chi connectivity index (χ4v) is 5.30. The summed E-state index contributed by atoms with van der Waals surface area (Å²) in [6.07, 6.45) is 0. The topological polar surface area (TPSA) is 90.5 Å². The molecule has 0 fully saturated rings. The van der Waals surface area contributed by atoms with Crippen LogP contribution in [0.25, 0.3) is 11.3 Å². The van der Waals surface area contributed by atoms with Crippen LogP contribution >= 0.6 is 0 Å². The Kier molecular flexibility index (Phi) is 7.07. The van der Waals surface area contributed by atoms with Gasteiger partial charge in [0.25, 0.3) is 5.91 Å². The molecule has 1 heterocycles. The first kappa shape index (κ1) is 24.7. The van der Waals surface area contributed by atoms with Crippen LogP contribution in [-0.2, 0) is 21.4 Å². The molecule has 8 heteroatoms. The quantitative estimate of drug-likeness (QED) is 0.408. The third-order valence-electron chi connectivity index (χ3n) is 5.47. The maximum Gasteiger partial charge on any atom is 0.258 e. The number of carbonyl (C=O) groups excluding carboxylic acids is 1. The standard InChI is InChI=1S/C27H30N4O3S/c1-18(2)30-35(33,34)22-14-15-24-23(16-22)25(27(32)29-24)26(20-8-6-5-7-9-20)28-21-12-10-19(11-13-21)17-31(3)4/h5-16,18,28,30H,17H2,1-4H3,(H,29,32)/b26-25-. The van der Waals surface area contributed by atoms with E-state index >= 15 is 0 Å². The zero-order valence-corrected chi connectivity index (χ0v) is 21.1. The van der Waals surface area contributed by atoms with Gasteiger partial charge in [0.1, 0.15) is 0 Å². The van der Waals surface area contributed by atoms with Gasteiger partial charge in [0.05, 0.1) is 16.2 Å². The molecular formula is C27H30N4O3S. The van der Waals surface area contributed by atoms with Crippen LogP contribution in [0.3, 0.4) is 0 Å². The van der Waals surface area contributed by atoms with Crippen LogP contribution in [0.4, 0.5) is 11.4 Å². The SMILES string of the molecule is CC(C)NS(=O)(=O)c1ccc2c(c1)/C(=C(/Nc1ccc(CN(C)C)cc1)c1ccccc1)C(=O)N2. The first-order valence-corrected chi connectivity index (χ1v) is 12.9. The largest absolute Gasteiger partial charge is 0.354 e. The molecule has 1 aliphatic heterocycles. The number of carbonyl (C=O) groups is 1. The average molecular weight is 491 g/mol. The van der Waals surface area contributed by atoms with Crippen molar-refractivity contribution >= 4 is 38.6 Å². The fraction of sp³-hybridized carbons (Fsp3) is 0.222. The van der Waals surface area contributed by atoms with Gasteiger partial charge in [0, 0.05) is 29.5 Å². The average Bonchev–Trinajstić information content (AvgIpc) is 3.13. The van der Waals surface area contributed by atoms with Gasteiger partial charge >= 0.3 is 0 Å². The van der Waals surface area contributed by atoms with Crippen LogP contribution in [0.1, 0.15) is 30.5 Å². The second kappa shape index (κ2) is 10.0. The van der Waals surface area contributed by atoms with Gasteiger partial charge in [0.2, 0.25) is 10.0 Å². The lowest BCUT2D eigenvalue weighted by Gasteiger charge is -2.16. The normalized spacial score (nSPS) is 14.7. The monoisotopic (exact) mass is 490 g/mol. The number of nitrogens with zero attached hydrogens (tertiary/aromatic N) is 1. The van der Waals surface area contributed by atoms with Gasteiger partial charge in [-0.25, -0.2) is 13.1 Å². The van der Waals surface area contributed by atoms with E-state index in [0.29, 0.717) is 22.5 Å². The van der Waals surface area contributed by atoms with Crippen LogP contribution in [-0.4, -0.2) is 39.4 Å². The van der Waals surface area contributed by atoms with Crippen LogP contribution < -0.4 is 15.4 Å². The van der Waals surface area contributed by atoms with Crippen molar-refractivity contribution in [1.82, 2.24) is 9.62 Å². The Morgan fingerprint density at radius 1 is 0.971 bits per heavy atom. The summed E-state index contributed by atoms with van der Waals surface area (Å²) in [6, 6.07) is 22.0. The predicted octanol–water partition coefficient (Wildman–Crippen LogP) is 4.37. The maximum atomic E-state index is 13.2. The number of benzene rings is 3. The number of fused-ring (bicyclic) bond motifs is 1. The van der Waals surface area contributed by atoms with Crippen LogP contribution in [0.5, 0.6) is 0 Å². The highest BCUT2D eigenvalue weighted by Gasteiger charge is 2.30. The Balaban J connectivity index is 1.82. The molecule has 0 aliphatic carbocycles. The molecule has 4 rings (SSSR count). The molecule has 0 unspecified atom stereocenters. The van der Waals surface area contributed by atoms with Gasteiger partial charge in [-0.05, 0) is 69.4 Å². The van der Waals surface area contributed by atoms with Crippen LogP contribution in [0, 0.1) is 0 Å². The highest BCUT2D eigenvalue weighted by Crippen LogP contribution is 2.38. The summed E-state index contributed by atoms with van der Waals surface area (Å²) in [4.78, 5) is 15.4. The molecule has 0 saturated heterocycles. The predicted molar refractivity (Wildman–Crippen MR) is 141 cm³/mol. The molecule has 0 atom stereocenters. The van der Waals surface area contributed by atoms with Crippen molar-refractivity contribution in [2.24, 2.45) is 0 Å². The zero-order valence-electron chi connectivity index (χ0n) is 20.3. The Morgan fingerprint density at radius 3 is 2.29 bits per heavy atom. The van der Waals surface area contributed by atoms with E-state index in [9.17, 15) is 13.2 Å². The van der Waals surface area contributed by atoms with E-state index in [2.05, 4.69) is 20.3 Å². The molecule has 182 valence electrons. The lowest BCUT2D eigenvalue weighted by atomic mass is 10.00. The van der Waals surface area contributed by atoms with Gasteiger partial charge in [-0.1, -0.05) is 42.5 Å². The van der Waals surface area contributed by atoms with E-state index < -0.39 is 10.0 Å². The third kappa shape index (κ3) is 5.62.